The first-order chi connectivity index (χ1) is 13.7. The zero-order valence-electron chi connectivity index (χ0n) is 16.4. The van der Waals surface area contributed by atoms with Crippen LogP contribution in [0, 0.1) is 0 Å². The number of para-hydroxylation sites is 3. The quantitative estimate of drug-likeness (QED) is 0.357. The fraction of sp³-hybridized carbons (Fsp3) is 0.217. The van der Waals surface area contributed by atoms with Crippen LogP contribution in [0.4, 0.5) is 0 Å². The van der Waals surface area contributed by atoms with Crippen LogP contribution < -0.4 is 25.5 Å². The van der Waals surface area contributed by atoms with E-state index in [9.17, 15) is 0 Å². The third-order valence-corrected chi connectivity index (χ3v) is 5.07. The molecule has 0 fully saturated rings. The first kappa shape index (κ1) is 19.7. The van der Waals surface area contributed by atoms with E-state index in [2.05, 4.69) is 23.6 Å². The Bertz CT molecular complexity index is 811. The maximum Gasteiger partial charge on any atom is 0.123 e. The number of hydrazine groups is 1. The molecule has 0 aliphatic rings. The van der Waals surface area contributed by atoms with Crippen molar-refractivity contribution in [2.24, 2.45) is 5.84 Å². The van der Waals surface area contributed by atoms with Gasteiger partial charge in [0.1, 0.15) is 17.2 Å². The van der Waals surface area contributed by atoms with Gasteiger partial charge >= 0.3 is 0 Å². The van der Waals surface area contributed by atoms with Crippen molar-refractivity contribution in [3.8, 4) is 17.2 Å². The molecule has 0 amide bonds. The number of hydrogen-bond donors (Lipinski definition) is 2. The molecule has 0 unspecified atom stereocenters. The van der Waals surface area contributed by atoms with Gasteiger partial charge in [-0.05, 0) is 18.2 Å². The molecule has 0 saturated heterocycles. The van der Waals surface area contributed by atoms with Gasteiger partial charge in [0.25, 0.3) is 0 Å². The molecule has 0 spiro atoms. The molecule has 5 heteroatoms. The second-order valence-electron chi connectivity index (χ2n) is 6.39. The molecule has 3 aromatic rings. The molecule has 0 radical (unpaired) electrons. The fourth-order valence-electron chi connectivity index (χ4n) is 3.87. The lowest BCUT2D eigenvalue weighted by Gasteiger charge is -2.38. The highest BCUT2D eigenvalue weighted by molar-refractivity contribution is 5.62. The molecular formula is C23H26N2O3. The van der Waals surface area contributed by atoms with Gasteiger partial charge in [0.2, 0.25) is 0 Å². The monoisotopic (exact) mass is 378 g/mol. The second-order valence-corrected chi connectivity index (χ2v) is 6.39. The van der Waals surface area contributed by atoms with Gasteiger partial charge < -0.3 is 14.2 Å². The zero-order chi connectivity index (χ0) is 20.0. The SMILES string of the molecule is COc1ccccc1C(CNN)(c1ccccc1OC)c1ccccc1OC. The van der Waals surface area contributed by atoms with Gasteiger partial charge in [-0.1, -0.05) is 54.6 Å². The van der Waals surface area contributed by atoms with Crippen LogP contribution in [0.5, 0.6) is 17.2 Å². The highest BCUT2D eigenvalue weighted by atomic mass is 16.5. The van der Waals surface area contributed by atoms with E-state index >= 15 is 0 Å². The molecular weight excluding hydrogens is 352 g/mol. The lowest BCUT2D eigenvalue weighted by molar-refractivity contribution is 0.372. The van der Waals surface area contributed by atoms with Crippen LogP contribution in [-0.2, 0) is 5.41 Å². The van der Waals surface area contributed by atoms with E-state index in [0.29, 0.717) is 6.54 Å². The number of nitrogens with two attached hydrogens (primary N) is 1. The van der Waals surface area contributed by atoms with Crippen molar-refractivity contribution in [1.82, 2.24) is 5.43 Å². The summed E-state index contributed by atoms with van der Waals surface area (Å²) >= 11 is 0. The Morgan fingerprint density at radius 2 is 0.964 bits per heavy atom. The summed E-state index contributed by atoms with van der Waals surface area (Å²) in [6.07, 6.45) is 0. The van der Waals surface area contributed by atoms with Crippen molar-refractivity contribution in [3.05, 3.63) is 89.5 Å². The van der Waals surface area contributed by atoms with Gasteiger partial charge in [0, 0.05) is 23.2 Å². The van der Waals surface area contributed by atoms with E-state index in [1.54, 1.807) is 21.3 Å². The maximum absolute atomic E-state index is 5.93. The summed E-state index contributed by atoms with van der Waals surface area (Å²) in [6, 6.07) is 23.8. The molecule has 3 N–H and O–H groups in total. The van der Waals surface area contributed by atoms with E-state index in [4.69, 9.17) is 20.1 Å². The molecule has 146 valence electrons. The van der Waals surface area contributed by atoms with Crippen molar-refractivity contribution in [3.63, 3.8) is 0 Å². The molecule has 5 nitrogen and oxygen atoms in total. The molecule has 0 aliphatic heterocycles. The van der Waals surface area contributed by atoms with E-state index in [-0.39, 0.29) is 0 Å². The van der Waals surface area contributed by atoms with Gasteiger partial charge in [0.05, 0.1) is 26.7 Å². The average Bonchev–Trinajstić information content (AvgIpc) is 2.77. The Morgan fingerprint density at radius 3 is 1.25 bits per heavy atom. The predicted octanol–water partition coefficient (Wildman–Crippen LogP) is 3.51. The normalized spacial score (nSPS) is 11.1. The van der Waals surface area contributed by atoms with E-state index in [1.807, 2.05) is 54.6 Å². The van der Waals surface area contributed by atoms with Crippen molar-refractivity contribution in [2.45, 2.75) is 5.41 Å². The topological polar surface area (TPSA) is 65.7 Å². The number of methoxy groups -OCH3 is 3. The fourth-order valence-corrected chi connectivity index (χ4v) is 3.87. The molecule has 0 atom stereocenters. The summed E-state index contributed by atoms with van der Waals surface area (Å²) in [5.41, 5.74) is 5.07. The van der Waals surface area contributed by atoms with Crippen LogP contribution >= 0.6 is 0 Å². The van der Waals surface area contributed by atoms with Gasteiger partial charge in [-0.2, -0.15) is 0 Å². The third-order valence-electron chi connectivity index (χ3n) is 5.07. The minimum absolute atomic E-state index is 0.411. The summed E-state index contributed by atoms with van der Waals surface area (Å²) in [5.74, 6) is 8.21. The predicted molar refractivity (Wildman–Crippen MR) is 111 cm³/mol. The van der Waals surface area contributed by atoms with E-state index in [1.165, 1.54) is 0 Å². The van der Waals surface area contributed by atoms with Crippen LogP contribution in [0.15, 0.2) is 72.8 Å². The van der Waals surface area contributed by atoms with Crippen LogP contribution in [0.2, 0.25) is 0 Å². The highest BCUT2D eigenvalue weighted by Gasteiger charge is 2.42. The molecule has 28 heavy (non-hydrogen) atoms. The van der Waals surface area contributed by atoms with Gasteiger partial charge in [-0.15, -0.1) is 0 Å². The molecule has 0 heterocycles. The number of benzene rings is 3. The van der Waals surface area contributed by atoms with Gasteiger partial charge in [0.15, 0.2) is 0 Å². The summed E-state index contributed by atoms with van der Waals surface area (Å²) in [5, 5.41) is 0. The lowest BCUT2D eigenvalue weighted by atomic mass is 9.68. The average molecular weight is 378 g/mol. The first-order valence-corrected chi connectivity index (χ1v) is 9.06. The van der Waals surface area contributed by atoms with Crippen LogP contribution in [0.3, 0.4) is 0 Å². The summed E-state index contributed by atoms with van der Waals surface area (Å²) < 4.78 is 17.2. The van der Waals surface area contributed by atoms with E-state index in [0.717, 1.165) is 33.9 Å². The van der Waals surface area contributed by atoms with Gasteiger partial charge in [-0.25, -0.2) is 0 Å². The zero-order valence-corrected chi connectivity index (χ0v) is 16.4. The third kappa shape index (κ3) is 3.30. The first-order valence-electron chi connectivity index (χ1n) is 9.06. The molecule has 3 aromatic carbocycles. The van der Waals surface area contributed by atoms with Crippen molar-refractivity contribution >= 4 is 0 Å². The van der Waals surface area contributed by atoms with Crippen molar-refractivity contribution in [2.75, 3.05) is 27.9 Å². The number of ether oxygens (including phenoxy) is 3. The number of hydrogen-bond acceptors (Lipinski definition) is 5. The number of rotatable bonds is 8. The Labute approximate surface area is 166 Å². The molecule has 0 saturated carbocycles. The van der Waals surface area contributed by atoms with Crippen LogP contribution in [0.1, 0.15) is 16.7 Å². The lowest BCUT2D eigenvalue weighted by Crippen LogP contribution is -2.43. The van der Waals surface area contributed by atoms with Crippen LogP contribution in [0.25, 0.3) is 0 Å². The minimum atomic E-state index is -0.708. The summed E-state index contributed by atoms with van der Waals surface area (Å²) in [4.78, 5) is 0. The maximum atomic E-state index is 5.93. The van der Waals surface area contributed by atoms with Crippen molar-refractivity contribution in [1.29, 1.82) is 0 Å². The second kappa shape index (κ2) is 8.78. The largest absolute Gasteiger partial charge is 0.496 e. The Balaban J connectivity index is 2.47. The summed E-state index contributed by atoms with van der Waals surface area (Å²) in [7, 11) is 5.01. The highest BCUT2D eigenvalue weighted by Crippen LogP contribution is 2.48. The smallest absolute Gasteiger partial charge is 0.123 e. The molecule has 0 bridgehead atoms. The van der Waals surface area contributed by atoms with Crippen LogP contribution in [-0.4, -0.2) is 27.9 Å². The number of nitrogens with one attached hydrogen (secondary N) is 1. The molecule has 0 aromatic heterocycles. The Hall–Kier alpha value is -3.02. The Morgan fingerprint density at radius 1 is 0.643 bits per heavy atom. The summed E-state index contributed by atoms with van der Waals surface area (Å²) in [6.45, 7) is 0.411. The molecule has 0 aliphatic carbocycles. The standard InChI is InChI=1S/C23H26N2O3/c1-26-20-13-7-4-10-17(20)23(16-25-24,18-11-5-8-14-21(18)27-2)19-12-6-9-15-22(19)28-3/h4-15,25H,16,24H2,1-3H3. The Kier molecular flexibility index (Phi) is 6.19. The van der Waals surface area contributed by atoms with Gasteiger partial charge in [-0.3, -0.25) is 11.3 Å². The van der Waals surface area contributed by atoms with Crippen molar-refractivity contribution < 1.29 is 14.2 Å². The molecule has 3 rings (SSSR count). The minimum Gasteiger partial charge on any atom is -0.496 e. The van der Waals surface area contributed by atoms with E-state index < -0.39 is 5.41 Å².